The highest BCUT2D eigenvalue weighted by atomic mass is 79.9. The monoisotopic (exact) mass is 494 g/mol. The lowest BCUT2D eigenvalue weighted by Crippen LogP contribution is -2.29. The minimum Gasteiger partial charge on any atom is -0.507 e. The second-order valence-electron chi connectivity index (χ2n) is 7.14. The number of aryl methyl sites for hydroxylation is 1. The van der Waals surface area contributed by atoms with Crippen molar-refractivity contribution in [1.82, 2.24) is 5.16 Å². The van der Waals surface area contributed by atoms with Gasteiger partial charge in [0.15, 0.2) is 5.82 Å². The van der Waals surface area contributed by atoms with Crippen molar-refractivity contribution in [2.75, 3.05) is 11.5 Å². The Morgan fingerprint density at radius 3 is 2.50 bits per heavy atom. The number of anilines is 1. The highest BCUT2D eigenvalue weighted by Gasteiger charge is 2.48. The largest absolute Gasteiger partial charge is 0.507 e. The van der Waals surface area contributed by atoms with Crippen LogP contribution < -0.4 is 9.64 Å². The molecule has 3 aromatic rings. The minimum atomic E-state index is -0.892. The van der Waals surface area contributed by atoms with Gasteiger partial charge in [-0.3, -0.25) is 14.5 Å². The van der Waals surface area contributed by atoms with Crippen LogP contribution in [0.1, 0.15) is 22.9 Å². The first-order valence-electron chi connectivity index (χ1n) is 9.74. The van der Waals surface area contributed by atoms with E-state index < -0.39 is 17.7 Å². The number of benzene rings is 2. The fraction of sp³-hybridized carbons (Fsp3) is 0.125. The predicted octanol–water partition coefficient (Wildman–Crippen LogP) is 4.94. The Balaban J connectivity index is 1.86. The van der Waals surface area contributed by atoms with Gasteiger partial charge in [-0.15, -0.1) is 0 Å². The summed E-state index contributed by atoms with van der Waals surface area (Å²) in [4.78, 5) is 27.3. The second-order valence-corrected chi connectivity index (χ2v) is 8.06. The summed E-state index contributed by atoms with van der Waals surface area (Å²) in [6.45, 7) is 5.66. The smallest absolute Gasteiger partial charge is 0.301 e. The number of ether oxygens (including phenoxy) is 1. The summed E-state index contributed by atoms with van der Waals surface area (Å²) in [7, 11) is 0. The lowest BCUT2D eigenvalue weighted by molar-refractivity contribution is -0.132. The number of rotatable bonds is 6. The second kappa shape index (κ2) is 8.84. The van der Waals surface area contributed by atoms with Crippen LogP contribution in [0.5, 0.6) is 5.75 Å². The third-order valence-electron chi connectivity index (χ3n) is 4.99. The number of aromatic nitrogens is 1. The van der Waals surface area contributed by atoms with Gasteiger partial charge < -0.3 is 14.4 Å². The summed E-state index contributed by atoms with van der Waals surface area (Å²) >= 11 is 3.35. The van der Waals surface area contributed by atoms with Crippen LogP contribution in [0.2, 0.25) is 0 Å². The highest BCUT2D eigenvalue weighted by Crippen LogP contribution is 2.42. The average Bonchev–Trinajstić information content (AvgIpc) is 3.33. The molecule has 0 saturated carbocycles. The molecule has 8 heteroatoms. The number of Topliss-reactive ketones (excluding diaryl/α,β-unsaturated/α-hetero) is 1. The molecule has 1 aliphatic rings. The molecule has 1 unspecified atom stereocenters. The van der Waals surface area contributed by atoms with Gasteiger partial charge in [-0.05, 0) is 36.8 Å². The van der Waals surface area contributed by atoms with E-state index in [1.54, 1.807) is 67.6 Å². The van der Waals surface area contributed by atoms with Crippen LogP contribution in [0.3, 0.4) is 0 Å². The summed E-state index contributed by atoms with van der Waals surface area (Å²) in [5.74, 6) is -0.582. The van der Waals surface area contributed by atoms with Gasteiger partial charge >= 0.3 is 5.91 Å². The van der Waals surface area contributed by atoms with Crippen LogP contribution in [0.4, 0.5) is 5.82 Å². The van der Waals surface area contributed by atoms with Crippen LogP contribution in [0, 0.1) is 6.92 Å². The summed E-state index contributed by atoms with van der Waals surface area (Å²) in [5.41, 5.74) is 0.991. The molecule has 1 amide bonds. The molecule has 2 aromatic carbocycles. The minimum absolute atomic E-state index is 0.0299. The molecule has 0 aliphatic carbocycles. The van der Waals surface area contributed by atoms with Crippen molar-refractivity contribution in [1.29, 1.82) is 0 Å². The molecule has 1 aromatic heterocycles. The number of hydrogen-bond acceptors (Lipinski definition) is 6. The molecule has 0 radical (unpaired) electrons. The van der Waals surface area contributed by atoms with E-state index in [1.807, 2.05) is 0 Å². The van der Waals surface area contributed by atoms with E-state index in [9.17, 15) is 14.7 Å². The molecule has 1 N–H and O–H groups in total. The fourth-order valence-corrected chi connectivity index (χ4v) is 3.78. The maximum absolute atomic E-state index is 13.1. The summed E-state index contributed by atoms with van der Waals surface area (Å²) in [5, 5.41) is 15.0. The number of amides is 1. The quantitative estimate of drug-likeness (QED) is 0.226. The van der Waals surface area contributed by atoms with Crippen molar-refractivity contribution in [2.45, 2.75) is 13.0 Å². The van der Waals surface area contributed by atoms with Crippen molar-refractivity contribution in [3.8, 4) is 5.75 Å². The average molecular weight is 495 g/mol. The molecule has 32 heavy (non-hydrogen) atoms. The van der Waals surface area contributed by atoms with Gasteiger partial charge in [0.25, 0.3) is 5.78 Å². The predicted molar refractivity (Wildman–Crippen MR) is 122 cm³/mol. The van der Waals surface area contributed by atoms with Gasteiger partial charge in [-0.1, -0.05) is 58.0 Å². The van der Waals surface area contributed by atoms with E-state index in [0.29, 0.717) is 29.2 Å². The van der Waals surface area contributed by atoms with Crippen molar-refractivity contribution in [3.05, 3.63) is 94.2 Å². The first-order valence-corrected chi connectivity index (χ1v) is 10.5. The van der Waals surface area contributed by atoms with Crippen LogP contribution >= 0.6 is 15.9 Å². The number of aliphatic hydroxyl groups is 1. The van der Waals surface area contributed by atoms with E-state index in [4.69, 9.17) is 9.26 Å². The van der Waals surface area contributed by atoms with E-state index in [1.165, 1.54) is 4.90 Å². The molecule has 4 rings (SSSR count). The third kappa shape index (κ3) is 3.97. The maximum atomic E-state index is 13.1. The molecule has 1 saturated heterocycles. The number of carbonyl (C=O) groups is 2. The molecule has 162 valence electrons. The molecule has 0 spiro atoms. The van der Waals surface area contributed by atoms with Crippen molar-refractivity contribution >= 4 is 39.2 Å². The van der Waals surface area contributed by atoms with Gasteiger partial charge in [-0.25, -0.2) is 0 Å². The first kappa shape index (κ1) is 21.6. The van der Waals surface area contributed by atoms with Gasteiger partial charge in [0, 0.05) is 16.1 Å². The Labute approximate surface area is 192 Å². The molecular formula is C24H19BrN2O5. The molecule has 1 atom stereocenters. The summed E-state index contributed by atoms with van der Waals surface area (Å²) in [6, 6.07) is 14.4. The number of halogens is 1. The standard InChI is InChI=1S/C24H19BrN2O5/c1-3-12-31-18-10-6-15(7-11-18)21-20(22(28)16-4-8-17(25)9-5-16)23(29)24(30)27(21)19-13-14(2)32-26-19/h3-11,13,21,28H,1,12H2,2H3. The van der Waals surface area contributed by atoms with Gasteiger partial charge in [0.1, 0.15) is 23.9 Å². The van der Waals surface area contributed by atoms with E-state index in [0.717, 1.165) is 4.47 Å². The van der Waals surface area contributed by atoms with Crippen molar-refractivity contribution in [2.24, 2.45) is 0 Å². The van der Waals surface area contributed by atoms with Crippen LogP contribution in [-0.2, 0) is 9.59 Å². The van der Waals surface area contributed by atoms with Gasteiger partial charge in [-0.2, -0.15) is 0 Å². The van der Waals surface area contributed by atoms with Crippen LogP contribution in [-0.4, -0.2) is 28.6 Å². The van der Waals surface area contributed by atoms with Crippen molar-refractivity contribution in [3.63, 3.8) is 0 Å². The number of ketones is 1. The summed E-state index contributed by atoms with van der Waals surface area (Å²) < 4.78 is 11.5. The van der Waals surface area contributed by atoms with E-state index >= 15 is 0 Å². The zero-order valence-electron chi connectivity index (χ0n) is 17.1. The number of carbonyl (C=O) groups excluding carboxylic acids is 2. The number of aliphatic hydroxyl groups excluding tert-OH is 1. The zero-order chi connectivity index (χ0) is 22.8. The Morgan fingerprint density at radius 1 is 1.22 bits per heavy atom. The SMILES string of the molecule is C=CCOc1ccc(C2C(=C(O)c3ccc(Br)cc3)C(=O)C(=O)N2c2cc(C)on2)cc1. The molecule has 0 bridgehead atoms. The topological polar surface area (TPSA) is 92.9 Å². The molecule has 1 aliphatic heterocycles. The molecular weight excluding hydrogens is 476 g/mol. The van der Waals surface area contributed by atoms with Gasteiger partial charge in [0.2, 0.25) is 0 Å². The number of nitrogens with zero attached hydrogens (tertiary/aromatic N) is 2. The van der Waals surface area contributed by atoms with E-state index in [2.05, 4.69) is 27.7 Å². The van der Waals surface area contributed by atoms with Gasteiger partial charge in [0.05, 0.1) is 11.6 Å². The first-order chi connectivity index (χ1) is 15.4. The van der Waals surface area contributed by atoms with E-state index in [-0.39, 0.29) is 17.2 Å². The maximum Gasteiger partial charge on any atom is 0.301 e. The van der Waals surface area contributed by atoms with Crippen molar-refractivity contribution < 1.29 is 24.0 Å². The molecule has 7 nitrogen and oxygen atoms in total. The lowest BCUT2D eigenvalue weighted by Gasteiger charge is -2.23. The zero-order valence-corrected chi connectivity index (χ0v) is 18.7. The lowest BCUT2D eigenvalue weighted by atomic mass is 9.95. The third-order valence-corrected chi connectivity index (χ3v) is 5.52. The Morgan fingerprint density at radius 2 is 1.91 bits per heavy atom. The Hall–Kier alpha value is -3.65. The molecule has 2 heterocycles. The van der Waals surface area contributed by atoms with Crippen LogP contribution in [0.25, 0.3) is 5.76 Å². The normalized spacial score (nSPS) is 17.6. The van der Waals surface area contributed by atoms with Crippen LogP contribution in [0.15, 0.2) is 81.8 Å². The Kier molecular flexibility index (Phi) is 5.96. The molecule has 1 fully saturated rings. The Bertz CT molecular complexity index is 1210. The fourth-order valence-electron chi connectivity index (χ4n) is 3.52. The summed E-state index contributed by atoms with van der Waals surface area (Å²) in [6.07, 6.45) is 1.63. The highest BCUT2D eigenvalue weighted by molar-refractivity contribution is 9.10. The number of hydrogen-bond donors (Lipinski definition) is 1.